The van der Waals surface area contributed by atoms with Crippen LogP contribution in [0.2, 0.25) is 0 Å². The number of pyridine rings is 1. The highest BCUT2D eigenvalue weighted by molar-refractivity contribution is 5.93. The van der Waals surface area contributed by atoms with E-state index in [9.17, 15) is 0 Å². The lowest BCUT2D eigenvalue weighted by Crippen LogP contribution is -2.22. The molecule has 0 aliphatic carbocycles. The minimum absolute atomic E-state index is 0.211. The van der Waals surface area contributed by atoms with Gasteiger partial charge in [-0.05, 0) is 24.5 Å². The first-order chi connectivity index (χ1) is 12.8. The average molecular weight is 351 g/mol. The Morgan fingerprint density at radius 3 is 2.81 bits per heavy atom. The Kier molecular flexibility index (Phi) is 5.66. The molecule has 1 aliphatic rings. The van der Waals surface area contributed by atoms with Gasteiger partial charge in [0.2, 0.25) is 5.88 Å². The lowest BCUT2D eigenvalue weighted by molar-refractivity contribution is 0.0566. The van der Waals surface area contributed by atoms with Gasteiger partial charge in [-0.2, -0.15) is 5.10 Å². The molecule has 2 N–H and O–H groups in total. The molecule has 0 saturated carbocycles. The van der Waals surface area contributed by atoms with Crippen LogP contribution < -0.4 is 10.5 Å². The van der Waals surface area contributed by atoms with E-state index in [1.54, 1.807) is 6.20 Å². The van der Waals surface area contributed by atoms with Crippen LogP contribution in [0.5, 0.6) is 5.88 Å². The number of nitrogens with two attached hydrogens (primary N) is 1. The largest absolute Gasteiger partial charge is 0.472 e. The second kappa shape index (κ2) is 8.32. The molecule has 134 valence electrons. The fourth-order valence-electron chi connectivity index (χ4n) is 3.11. The molecule has 7 nitrogen and oxygen atoms in total. The van der Waals surface area contributed by atoms with E-state index in [0.717, 1.165) is 35.9 Å². The topological polar surface area (TPSA) is 99.0 Å². The fraction of sp³-hybridized carbons (Fsp3) is 0.316. The summed E-state index contributed by atoms with van der Waals surface area (Å²) in [4.78, 5) is 4.35. The van der Waals surface area contributed by atoms with Crippen molar-refractivity contribution in [3.05, 3.63) is 48.2 Å². The van der Waals surface area contributed by atoms with Crippen molar-refractivity contribution < 1.29 is 9.47 Å². The molecule has 1 atom stereocenters. The van der Waals surface area contributed by atoms with Crippen molar-refractivity contribution in [3.63, 3.8) is 0 Å². The predicted molar refractivity (Wildman–Crippen MR) is 98.5 cm³/mol. The summed E-state index contributed by atoms with van der Waals surface area (Å²) in [7, 11) is 0. The number of hydrogen-bond donors (Lipinski definition) is 1. The van der Waals surface area contributed by atoms with Crippen molar-refractivity contribution in [2.45, 2.75) is 25.5 Å². The van der Waals surface area contributed by atoms with Crippen LogP contribution in [-0.2, 0) is 11.3 Å². The highest BCUT2D eigenvalue weighted by atomic mass is 16.5. The Hall–Kier alpha value is -3.11. The standard InChI is InChI=1S/C18H20N4O2.CHN/c19-17-16-15(22(21-17)14-7-4-10-23-12-14)8-9-20-18(16)24-11-13-5-2-1-3-6-13;1-2/h1-3,5-6,8-9,14H,4,7,10-12H2,(H2,19,21);1H/t14-;/m1./s1. The fourth-order valence-corrected chi connectivity index (χ4v) is 3.11. The molecule has 1 fully saturated rings. The van der Waals surface area contributed by atoms with E-state index in [2.05, 4.69) is 16.7 Å². The molecule has 0 bridgehead atoms. The van der Waals surface area contributed by atoms with Crippen LogP contribution in [0.4, 0.5) is 5.82 Å². The molecule has 1 aliphatic heterocycles. The van der Waals surface area contributed by atoms with E-state index in [4.69, 9.17) is 20.5 Å². The smallest absolute Gasteiger partial charge is 0.227 e. The Labute approximate surface area is 152 Å². The zero-order valence-electron chi connectivity index (χ0n) is 14.4. The highest BCUT2D eigenvalue weighted by Gasteiger charge is 2.22. The summed E-state index contributed by atoms with van der Waals surface area (Å²) < 4.78 is 13.5. The monoisotopic (exact) mass is 351 g/mol. The third-order valence-electron chi connectivity index (χ3n) is 4.31. The van der Waals surface area contributed by atoms with Gasteiger partial charge < -0.3 is 15.2 Å². The van der Waals surface area contributed by atoms with Gasteiger partial charge in [-0.3, -0.25) is 4.68 Å². The summed E-state index contributed by atoms with van der Waals surface area (Å²) in [6.07, 6.45) is 3.82. The van der Waals surface area contributed by atoms with Crippen molar-refractivity contribution in [1.29, 1.82) is 5.26 Å². The van der Waals surface area contributed by atoms with E-state index in [-0.39, 0.29) is 6.04 Å². The first-order valence-electron chi connectivity index (χ1n) is 8.46. The van der Waals surface area contributed by atoms with Crippen molar-refractivity contribution in [1.82, 2.24) is 14.8 Å². The number of ether oxygens (including phenoxy) is 2. The summed E-state index contributed by atoms with van der Waals surface area (Å²) in [5, 5.41) is 11.8. The molecule has 2 aromatic heterocycles. The second-order valence-corrected chi connectivity index (χ2v) is 5.99. The lowest BCUT2D eigenvalue weighted by Gasteiger charge is -2.23. The van der Waals surface area contributed by atoms with Crippen LogP contribution >= 0.6 is 0 Å². The molecular formula is C19H21N5O2. The van der Waals surface area contributed by atoms with Gasteiger partial charge in [0.1, 0.15) is 12.0 Å². The van der Waals surface area contributed by atoms with Crippen LogP contribution in [-0.4, -0.2) is 28.0 Å². The first kappa shape index (κ1) is 17.7. The van der Waals surface area contributed by atoms with Gasteiger partial charge in [-0.15, -0.1) is 0 Å². The minimum Gasteiger partial charge on any atom is -0.472 e. The third-order valence-corrected chi connectivity index (χ3v) is 4.31. The molecule has 0 radical (unpaired) electrons. The van der Waals surface area contributed by atoms with Gasteiger partial charge in [-0.1, -0.05) is 30.3 Å². The Balaban J connectivity index is 0.000000948. The maximum atomic E-state index is 6.50. The second-order valence-electron chi connectivity index (χ2n) is 5.99. The Morgan fingerprint density at radius 1 is 1.27 bits per heavy atom. The third kappa shape index (κ3) is 3.60. The summed E-state index contributed by atoms with van der Waals surface area (Å²) in [6, 6.07) is 12.1. The summed E-state index contributed by atoms with van der Waals surface area (Å²) in [6.45, 7) is 5.43. The molecule has 3 heterocycles. The number of hydrogen-bond acceptors (Lipinski definition) is 6. The van der Waals surface area contributed by atoms with E-state index in [0.29, 0.717) is 24.9 Å². The zero-order valence-corrected chi connectivity index (χ0v) is 14.4. The van der Waals surface area contributed by atoms with Crippen LogP contribution in [0, 0.1) is 11.8 Å². The average Bonchev–Trinajstić information content (AvgIpc) is 3.07. The Morgan fingerprint density at radius 2 is 2.08 bits per heavy atom. The number of nitrogen functional groups attached to an aromatic ring is 1. The van der Waals surface area contributed by atoms with E-state index in [1.807, 2.05) is 41.1 Å². The van der Waals surface area contributed by atoms with E-state index in [1.165, 1.54) is 0 Å². The molecule has 26 heavy (non-hydrogen) atoms. The minimum atomic E-state index is 0.211. The lowest BCUT2D eigenvalue weighted by atomic mass is 10.1. The summed E-state index contributed by atoms with van der Waals surface area (Å²) in [5.74, 6) is 0.976. The summed E-state index contributed by atoms with van der Waals surface area (Å²) >= 11 is 0. The van der Waals surface area contributed by atoms with Crippen molar-refractivity contribution in [3.8, 4) is 12.5 Å². The molecular weight excluding hydrogens is 330 g/mol. The van der Waals surface area contributed by atoms with E-state index >= 15 is 0 Å². The number of nitrogens with zero attached hydrogens (tertiary/aromatic N) is 4. The van der Waals surface area contributed by atoms with Crippen molar-refractivity contribution in [2.24, 2.45) is 0 Å². The van der Waals surface area contributed by atoms with Crippen LogP contribution in [0.15, 0.2) is 42.6 Å². The first-order valence-corrected chi connectivity index (χ1v) is 8.46. The van der Waals surface area contributed by atoms with Crippen molar-refractivity contribution in [2.75, 3.05) is 18.9 Å². The molecule has 1 saturated heterocycles. The van der Waals surface area contributed by atoms with Crippen LogP contribution in [0.25, 0.3) is 10.9 Å². The molecule has 0 spiro atoms. The number of rotatable bonds is 4. The maximum Gasteiger partial charge on any atom is 0.227 e. The molecule has 7 heteroatoms. The van der Waals surface area contributed by atoms with Gasteiger partial charge in [0.15, 0.2) is 5.82 Å². The molecule has 4 rings (SSSR count). The van der Waals surface area contributed by atoms with Gasteiger partial charge >= 0.3 is 0 Å². The highest BCUT2D eigenvalue weighted by Crippen LogP contribution is 2.32. The maximum absolute atomic E-state index is 6.50. The van der Waals surface area contributed by atoms with Crippen LogP contribution in [0.1, 0.15) is 24.4 Å². The van der Waals surface area contributed by atoms with Gasteiger partial charge in [0, 0.05) is 19.4 Å². The SMILES string of the molecule is C#N.Nc1nn([C@@H]2CCCOC2)c2ccnc(OCc3ccccc3)c12. The number of benzene rings is 1. The number of anilines is 1. The number of fused-ring (bicyclic) bond motifs is 1. The Bertz CT molecular complexity index is 870. The predicted octanol–water partition coefficient (Wildman–Crippen LogP) is 3.08. The normalized spacial score (nSPS) is 16.6. The zero-order chi connectivity index (χ0) is 18.4. The van der Waals surface area contributed by atoms with Gasteiger partial charge in [-0.25, -0.2) is 10.2 Å². The molecule has 1 aromatic carbocycles. The van der Waals surface area contributed by atoms with Crippen molar-refractivity contribution >= 4 is 16.7 Å². The number of aromatic nitrogens is 3. The van der Waals surface area contributed by atoms with Gasteiger partial charge in [0.25, 0.3) is 0 Å². The molecule has 0 unspecified atom stereocenters. The van der Waals surface area contributed by atoms with Gasteiger partial charge in [0.05, 0.1) is 18.2 Å². The van der Waals surface area contributed by atoms with E-state index < -0.39 is 0 Å². The summed E-state index contributed by atoms with van der Waals surface area (Å²) in [5.41, 5.74) is 8.19. The molecule has 0 amide bonds. The quantitative estimate of drug-likeness (QED) is 0.775. The number of nitriles is 1. The van der Waals surface area contributed by atoms with Crippen LogP contribution in [0.3, 0.4) is 0 Å². The molecule has 3 aromatic rings.